The van der Waals surface area contributed by atoms with Crippen molar-refractivity contribution < 1.29 is 14.6 Å². The molecule has 0 radical (unpaired) electrons. The third-order valence-corrected chi connectivity index (χ3v) is 5.21. The third kappa shape index (κ3) is 8.19. The average molecular weight is 391 g/mol. The van der Waals surface area contributed by atoms with Gasteiger partial charge in [0.05, 0.1) is 12.1 Å². The Morgan fingerprint density at radius 2 is 1.86 bits per heavy atom. The number of carbonyl (C=O) groups excluding carboxylic acids is 1. The number of hydrogen-bond donors (Lipinski definition) is 3. The molecule has 0 spiro atoms. The summed E-state index contributed by atoms with van der Waals surface area (Å²) in [5.41, 5.74) is 0.678. The number of nitrogens with one attached hydrogen (secondary N) is 2. The van der Waals surface area contributed by atoms with E-state index in [1.165, 1.54) is 6.42 Å². The second-order valence-corrected chi connectivity index (χ2v) is 9.60. The van der Waals surface area contributed by atoms with Crippen LogP contribution in [0, 0.1) is 5.92 Å². The molecule has 0 saturated heterocycles. The van der Waals surface area contributed by atoms with Crippen molar-refractivity contribution in [3.63, 3.8) is 0 Å². The number of ether oxygens (including phenoxy) is 1. The van der Waals surface area contributed by atoms with Gasteiger partial charge >= 0.3 is 6.09 Å². The summed E-state index contributed by atoms with van der Waals surface area (Å²) in [6, 6.07) is 9.50. The van der Waals surface area contributed by atoms with Crippen LogP contribution in [0.25, 0.3) is 0 Å². The lowest BCUT2D eigenvalue weighted by Gasteiger charge is -2.28. The van der Waals surface area contributed by atoms with Crippen LogP contribution in [0.3, 0.4) is 0 Å². The van der Waals surface area contributed by atoms with E-state index in [9.17, 15) is 9.90 Å². The van der Waals surface area contributed by atoms with E-state index in [0.717, 1.165) is 24.8 Å². The fourth-order valence-corrected chi connectivity index (χ4v) is 3.30. The molecule has 1 aliphatic rings. The van der Waals surface area contributed by atoms with E-state index in [2.05, 4.69) is 24.5 Å². The molecule has 1 fully saturated rings. The lowest BCUT2D eigenvalue weighted by Crippen LogP contribution is -2.51. The molecule has 1 aromatic rings. The van der Waals surface area contributed by atoms with Crippen LogP contribution in [-0.4, -0.2) is 41.0 Å². The van der Waals surface area contributed by atoms with Crippen molar-refractivity contribution in [2.45, 2.75) is 90.0 Å². The molecular formula is C23H38N2O3. The molecule has 2 atom stereocenters. The smallest absolute Gasteiger partial charge is 0.407 e. The van der Waals surface area contributed by atoms with E-state index in [-0.39, 0.29) is 5.54 Å². The quantitative estimate of drug-likeness (QED) is 0.564. The molecule has 3 N–H and O–H groups in total. The minimum Gasteiger partial charge on any atom is -0.444 e. The van der Waals surface area contributed by atoms with Crippen molar-refractivity contribution >= 4 is 6.09 Å². The van der Waals surface area contributed by atoms with Crippen LogP contribution in [0.2, 0.25) is 0 Å². The van der Waals surface area contributed by atoms with Gasteiger partial charge in [-0.1, -0.05) is 44.2 Å². The molecule has 1 amide bonds. The number of hydrogen-bond acceptors (Lipinski definition) is 4. The number of β-amino-alcohol motifs (C(OH)–C–C–N with tert-alkyl or cyclic N) is 1. The predicted molar refractivity (Wildman–Crippen MR) is 113 cm³/mol. The summed E-state index contributed by atoms with van der Waals surface area (Å²) in [6.45, 7) is 10.5. The van der Waals surface area contributed by atoms with Crippen molar-refractivity contribution in [2.75, 3.05) is 6.54 Å². The summed E-state index contributed by atoms with van der Waals surface area (Å²) in [7, 11) is 0. The van der Waals surface area contributed by atoms with Crippen LogP contribution in [0.4, 0.5) is 4.79 Å². The molecule has 0 aliphatic heterocycles. The van der Waals surface area contributed by atoms with Crippen LogP contribution < -0.4 is 10.6 Å². The number of rotatable bonds is 10. The van der Waals surface area contributed by atoms with E-state index < -0.39 is 23.8 Å². The van der Waals surface area contributed by atoms with Crippen LogP contribution in [0.1, 0.15) is 65.9 Å². The first-order valence-corrected chi connectivity index (χ1v) is 10.6. The molecule has 0 bridgehead atoms. The maximum atomic E-state index is 12.3. The molecule has 0 aromatic heterocycles. The maximum Gasteiger partial charge on any atom is 0.407 e. The summed E-state index contributed by atoms with van der Waals surface area (Å²) >= 11 is 0. The molecule has 5 nitrogen and oxygen atoms in total. The summed E-state index contributed by atoms with van der Waals surface area (Å²) in [5.74, 6) is 0.684. The van der Waals surface area contributed by atoms with Crippen molar-refractivity contribution in [3.05, 3.63) is 35.9 Å². The zero-order valence-corrected chi connectivity index (χ0v) is 18.1. The normalized spacial score (nSPS) is 17.8. The third-order valence-electron chi connectivity index (χ3n) is 5.21. The van der Waals surface area contributed by atoms with Crippen LogP contribution in [-0.2, 0) is 11.2 Å². The van der Waals surface area contributed by atoms with Crippen molar-refractivity contribution in [3.8, 4) is 0 Å². The molecule has 0 unspecified atom stereocenters. The highest BCUT2D eigenvalue weighted by atomic mass is 16.6. The van der Waals surface area contributed by atoms with Gasteiger partial charge in [-0.15, -0.1) is 0 Å². The molecule has 28 heavy (non-hydrogen) atoms. The van der Waals surface area contributed by atoms with E-state index in [0.29, 0.717) is 18.9 Å². The molecule has 1 aliphatic carbocycles. The Bertz CT molecular complexity index is 606. The lowest BCUT2D eigenvalue weighted by atomic mass is 9.99. The molecule has 0 heterocycles. The van der Waals surface area contributed by atoms with Gasteiger partial charge in [0.15, 0.2) is 0 Å². The Kier molecular flexibility index (Phi) is 7.90. The number of alkyl carbamates (subject to hydrolysis) is 1. The van der Waals surface area contributed by atoms with E-state index in [1.54, 1.807) is 0 Å². The molecule has 158 valence electrons. The van der Waals surface area contributed by atoms with Crippen LogP contribution in [0.5, 0.6) is 0 Å². The fraction of sp³-hybridized carbons (Fsp3) is 0.696. The van der Waals surface area contributed by atoms with Gasteiger partial charge in [-0.25, -0.2) is 4.79 Å². The Labute approximate surface area is 170 Å². The van der Waals surface area contributed by atoms with Gasteiger partial charge in [-0.05, 0) is 64.4 Å². The van der Waals surface area contributed by atoms with Crippen molar-refractivity contribution in [1.29, 1.82) is 0 Å². The second-order valence-electron chi connectivity index (χ2n) is 9.60. The van der Waals surface area contributed by atoms with Gasteiger partial charge in [-0.3, -0.25) is 0 Å². The highest BCUT2D eigenvalue weighted by molar-refractivity contribution is 5.68. The lowest BCUT2D eigenvalue weighted by molar-refractivity contribution is 0.0418. The average Bonchev–Trinajstić information content (AvgIpc) is 3.37. The number of aliphatic hydroxyl groups is 1. The van der Waals surface area contributed by atoms with Gasteiger partial charge in [0, 0.05) is 12.1 Å². The van der Waals surface area contributed by atoms with Gasteiger partial charge in [0.25, 0.3) is 0 Å². The van der Waals surface area contributed by atoms with Crippen molar-refractivity contribution in [2.24, 2.45) is 5.92 Å². The van der Waals surface area contributed by atoms with E-state index in [1.807, 2.05) is 51.1 Å². The molecule has 1 aromatic carbocycles. The Morgan fingerprint density at radius 1 is 1.21 bits per heavy atom. The first-order valence-electron chi connectivity index (χ1n) is 10.6. The zero-order chi connectivity index (χ0) is 20.8. The fourth-order valence-electron chi connectivity index (χ4n) is 3.30. The second kappa shape index (κ2) is 9.75. The van der Waals surface area contributed by atoms with Crippen LogP contribution in [0.15, 0.2) is 30.3 Å². The van der Waals surface area contributed by atoms with Crippen molar-refractivity contribution in [1.82, 2.24) is 10.6 Å². The summed E-state index contributed by atoms with van der Waals surface area (Å²) < 4.78 is 5.40. The topological polar surface area (TPSA) is 70.6 Å². The number of benzene rings is 1. The van der Waals surface area contributed by atoms with E-state index in [4.69, 9.17) is 4.74 Å². The largest absolute Gasteiger partial charge is 0.444 e. The highest BCUT2D eigenvalue weighted by Gasteiger charge is 2.42. The van der Waals surface area contributed by atoms with Gasteiger partial charge in [0.2, 0.25) is 0 Å². The monoisotopic (exact) mass is 390 g/mol. The summed E-state index contributed by atoms with van der Waals surface area (Å²) in [5, 5.41) is 17.3. The van der Waals surface area contributed by atoms with Gasteiger partial charge in [-0.2, -0.15) is 0 Å². The molecule has 1 saturated carbocycles. The van der Waals surface area contributed by atoms with E-state index >= 15 is 0 Å². The SMILES string of the molecule is CC(C)CCC1(NC[C@@H](O)[C@H](Cc2ccccc2)NC(=O)OC(C)(C)C)CC1. The zero-order valence-electron chi connectivity index (χ0n) is 18.1. The van der Waals surface area contributed by atoms with Gasteiger partial charge in [0.1, 0.15) is 5.60 Å². The first kappa shape index (κ1) is 22.7. The standard InChI is InChI=1S/C23H38N2O3/c1-17(2)11-12-23(13-14-23)24-16-20(26)19(15-18-9-7-6-8-10-18)25-21(27)28-22(3,4)5/h6-10,17,19-20,24,26H,11-16H2,1-5H3,(H,25,27)/t19-,20+/m0/s1. The summed E-state index contributed by atoms with van der Waals surface area (Å²) in [4.78, 5) is 12.3. The number of amides is 1. The Morgan fingerprint density at radius 3 is 2.39 bits per heavy atom. The highest BCUT2D eigenvalue weighted by Crippen LogP contribution is 2.40. The predicted octanol–water partition coefficient (Wildman–Crippen LogP) is 4.04. The number of aliphatic hydroxyl groups excluding tert-OH is 1. The maximum absolute atomic E-state index is 12.3. The molecule has 2 rings (SSSR count). The Hall–Kier alpha value is -1.59. The molecular weight excluding hydrogens is 352 g/mol. The first-order chi connectivity index (χ1) is 13.1. The van der Waals surface area contributed by atoms with Gasteiger partial charge < -0.3 is 20.5 Å². The Balaban J connectivity index is 1.96. The minimum atomic E-state index is -0.691. The summed E-state index contributed by atoms with van der Waals surface area (Å²) in [6.07, 6.45) is 4.03. The molecule has 5 heteroatoms. The van der Waals surface area contributed by atoms with Crippen LogP contribution >= 0.6 is 0 Å². The number of carbonyl (C=O) groups is 1. The minimum absolute atomic E-state index is 0.175.